The van der Waals surface area contributed by atoms with Crippen molar-refractivity contribution in [3.8, 4) is 0 Å². The van der Waals surface area contributed by atoms with E-state index >= 15 is 0 Å². The van der Waals surface area contributed by atoms with Crippen LogP contribution in [0.15, 0.2) is 89.9 Å². The molecule has 0 aliphatic heterocycles. The average molecular weight is 460 g/mol. The van der Waals surface area contributed by atoms with E-state index in [0.717, 1.165) is 30.7 Å². The summed E-state index contributed by atoms with van der Waals surface area (Å²) in [6.07, 6.45) is 2.26. The van der Waals surface area contributed by atoms with Gasteiger partial charge < -0.3 is 4.43 Å². The van der Waals surface area contributed by atoms with Gasteiger partial charge in [-0.3, -0.25) is 4.99 Å². The minimum atomic E-state index is -2.54. The quantitative estimate of drug-likeness (QED) is 0.299. The molecular formula is C29H34FNOSi. The predicted molar refractivity (Wildman–Crippen MR) is 139 cm³/mol. The number of benzene rings is 3. The van der Waals surface area contributed by atoms with Crippen LogP contribution in [0.1, 0.15) is 46.1 Å². The van der Waals surface area contributed by atoms with Crippen molar-refractivity contribution in [2.45, 2.75) is 45.6 Å². The lowest BCUT2D eigenvalue weighted by Gasteiger charge is -2.43. The number of rotatable bonds is 8. The molecule has 3 aromatic rings. The molecule has 1 saturated carbocycles. The highest BCUT2D eigenvalue weighted by atomic mass is 28.4. The summed E-state index contributed by atoms with van der Waals surface area (Å²) in [7, 11) is -2.54. The number of aliphatic imine (C=N–C) groups is 1. The Kier molecular flexibility index (Phi) is 6.69. The second kappa shape index (κ2) is 9.36. The van der Waals surface area contributed by atoms with Gasteiger partial charge >= 0.3 is 0 Å². The Labute approximate surface area is 198 Å². The molecule has 0 heterocycles. The van der Waals surface area contributed by atoms with E-state index in [1.807, 2.05) is 6.92 Å². The van der Waals surface area contributed by atoms with Gasteiger partial charge in [0.2, 0.25) is 0 Å². The Morgan fingerprint density at radius 1 is 0.879 bits per heavy atom. The fraction of sp³-hybridized carbons (Fsp3) is 0.345. The van der Waals surface area contributed by atoms with Crippen molar-refractivity contribution < 1.29 is 8.82 Å². The SMILES string of the molecule is C/C(=N\CC1(CO[Si](c2ccccc2)(c2ccccc2)C(C)(C)C)CC1)c1ccc(F)cc1. The number of hydrogen-bond acceptors (Lipinski definition) is 2. The van der Waals surface area contributed by atoms with Crippen molar-refractivity contribution >= 4 is 24.4 Å². The third kappa shape index (κ3) is 5.02. The van der Waals surface area contributed by atoms with E-state index in [1.165, 1.54) is 22.5 Å². The summed E-state index contributed by atoms with van der Waals surface area (Å²) in [6.45, 7) is 10.4. The maximum absolute atomic E-state index is 13.3. The largest absolute Gasteiger partial charge is 0.407 e. The van der Waals surface area contributed by atoms with Gasteiger partial charge in [-0.05, 0) is 52.9 Å². The Morgan fingerprint density at radius 2 is 1.39 bits per heavy atom. The van der Waals surface area contributed by atoms with Crippen LogP contribution in [0.4, 0.5) is 4.39 Å². The van der Waals surface area contributed by atoms with Gasteiger partial charge in [-0.1, -0.05) is 93.6 Å². The summed E-state index contributed by atoms with van der Waals surface area (Å²) in [6, 6.07) is 28.2. The lowest BCUT2D eigenvalue weighted by atomic mass is 10.1. The molecule has 0 aromatic heterocycles. The highest BCUT2D eigenvalue weighted by Crippen LogP contribution is 2.48. The zero-order valence-corrected chi connectivity index (χ0v) is 21.1. The van der Waals surface area contributed by atoms with Crippen LogP contribution in [-0.2, 0) is 4.43 Å². The van der Waals surface area contributed by atoms with Gasteiger partial charge in [0.25, 0.3) is 8.32 Å². The van der Waals surface area contributed by atoms with Crippen molar-refractivity contribution in [3.05, 3.63) is 96.3 Å². The normalized spacial score (nSPS) is 16.0. The monoisotopic (exact) mass is 459 g/mol. The zero-order chi connectivity index (χ0) is 23.5. The minimum Gasteiger partial charge on any atom is -0.407 e. The van der Waals surface area contributed by atoms with Gasteiger partial charge in [-0.25, -0.2) is 4.39 Å². The lowest BCUT2D eigenvalue weighted by Crippen LogP contribution is -2.67. The first-order chi connectivity index (χ1) is 15.8. The van der Waals surface area contributed by atoms with E-state index in [2.05, 4.69) is 81.4 Å². The summed E-state index contributed by atoms with van der Waals surface area (Å²) in [4.78, 5) is 4.90. The molecule has 0 N–H and O–H groups in total. The first kappa shape index (κ1) is 23.6. The molecule has 4 heteroatoms. The third-order valence-corrected chi connectivity index (χ3v) is 11.9. The minimum absolute atomic E-state index is 0.0287. The van der Waals surface area contributed by atoms with Crippen LogP contribution in [0.2, 0.25) is 5.04 Å². The Bertz CT molecular complexity index is 1040. The van der Waals surface area contributed by atoms with E-state index < -0.39 is 8.32 Å². The molecule has 1 fully saturated rings. The van der Waals surface area contributed by atoms with Crippen LogP contribution < -0.4 is 10.4 Å². The van der Waals surface area contributed by atoms with Crippen molar-refractivity contribution in [1.29, 1.82) is 0 Å². The number of halogens is 1. The molecule has 0 saturated heterocycles. The summed E-state index contributed by atoms with van der Waals surface area (Å²) in [5.74, 6) is -0.219. The first-order valence-corrected chi connectivity index (χ1v) is 13.7. The van der Waals surface area contributed by atoms with Crippen LogP contribution in [0.25, 0.3) is 0 Å². The standard InChI is InChI=1S/C29H34FNOSi/c1-23(24-15-17-25(30)18-16-24)31-21-29(19-20-29)22-32-33(28(2,3)4,26-11-7-5-8-12-26)27-13-9-6-10-14-27/h5-18H,19-22H2,1-4H3/b31-23+. The van der Waals surface area contributed by atoms with E-state index in [4.69, 9.17) is 9.42 Å². The molecule has 1 aliphatic carbocycles. The van der Waals surface area contributed by atoms with E-state index in [1.54, 1.807) is 12.1 Å². The molecule has 0 bridgehead atoms. The van der Waals surface area contributed by atoms with E-state index in [0.29, 0.717) is 6.61 Å². The predicted octanol–water partition coefficient (Wildman–Crippen LogP) is 5.99. The summed E-state index contributed by atoms with van der Waals surface area (Å²) < 4.78 is 20.4. The lowest BCUT2D eigenvalue weighted by molar-refractivity contribution is 0.225. The molecule has 3 aromatic carbocycles. The molecule has 0 spiro atoms. The van der Waals surface area contributed by atoms with Gasteiger partial charge in [-0.15, -0.1) is 0 Å². The summed E-state index contributed by atoms with van der Waals surface area (Å²) >= 11 is 0. The molecule has 0 atom stereocenters. The smallest absolute Gasteiger partial charge is 0.261 e. The molecular weight excluding hydrogens is 425 g/mol. The maximum Gasteiger partial charge on any atom is 0.261 e. The first-order valence-electron chi connectivity index (χ1n) is 11.8. The van der Waals surface area contributed by atoms with E-state index in [-0.39, 0.29) is 16.3 Å². The second-order valence-electron chi connectivity index (χ2n) is 10.4. The molecule has 1 aliphatic rings. The van der Waals surface area contributed by atoms with Gasteiger partial charge in [0.1, 0.15) is 5.82 Å². The molecule has 172 valence electrons. The molecule has 0 amide bonds. The van der Waals surface area contributed by atoms with Gasteiger partial charge in [0.15, 0.2) is 0 Å². The Balaban J connectivity index is 1.61. The number of nitrogens with zero attached hydrogens (tertiary/aromatic N) is 1. The van der Waals surface area contributed by atoms with Crippen LogP contribution in [0.5, 0.6) is 0 Å². The fourth-order valence-electron chi connectivity index (χ4n) is 4.62. The highest BCUT2D eigenvalue weighted by molar-refractivity contribution is 6.99. The Hall–Kier alpha value is -2.56. The average Bonchev–Trinajstić information content (AvgIpc) is 3.59. The van der Waals surface area contributed by atoms with Gasteiger partial charge in [-0.2, -0.15) is 0 Å². The molecule has 33 heavy (non-hydrogen) atoms. The van der Waals surface area contributed by atoms with Crippen molar-refractivity contribution in [2.75, 3.05) is 13.2 Å². The van der Waals surface area contributed by atoms with E-state index in [9.17, 15) is 4.39 Å². The zero-order valence-electron chi connectivity index (χ0n) is 20.1. The van der Waals surface area contributed by atoms with Crippen molar-refractivity contribution in [3.63, 3.8) is 0 Å². The molecule has 0 radical (unpaired) electrons. The van der Waals surface area contributed by atoms with Gasteiger partial charge in [0.05, 0.1) is 0 Å². The fourth-order valence-corrected chi connectivity index (χ4v) is 9.29. The molecule has 2 nitrogen and oxygen atoms in total. The number of hydrogen-bond donors (Lipinski definition) is 0. The van der Waals surface area contributed by atoms with Crippen molar-refractivity contribution in [2.24, 2.45) is 10.4 Å². The topological polar surface area (TPSA) is 21.6 Å². The van der Waals surface area contributed by atoms with Crippen LogP contribution >= 0.6 is 0 Å². The Morgan fingerprint density at radius 3 is 1.85 bits per heavy atom. The van der Waals surface area contributed by atoms with Gasteiger partial charge in [0, 0.05) is 24.3 Å². The summed E-state index contributed by atoms with van der Waals surface area (Å²) in [5.41, 5.74) is 2.01. The molecule has 4 rings (SSSR count). The van der Waals surface area contributed by atoms with Crippen LogP contribution in [-0.4, -0.2) is 27.2 Å². The second-order valence-corrected chi connectivity index (χ2v) is 14.7. The molecule has 0 unspecified atom stereocenters. The highest BCUT2D eigenvalue weighted by Gasteiger charge is 2.53. The maximum atomic E-state index is 13.3. The van der Waals surface area contributed by atoms with Crippen LogP contribution in [0.3, 0.4) is 0 Å². The third-order valence-electron chi connectivity index (χ3n) is 6.88. The summed E-state index contributed by atoms with van der Waals surface area (Å²) in [5, 5.41) is 2.59. The van der Waals surface area contributed by atoms with Crippen molar-refractivity contribution in [1.82, 2.24) is 0 Å². The van der Waals surface area contributed by atoms with Crippen LogP contribution in [0, 0.1) is 11.2 Å².